The van der Waals surface area contributed by atoms with Gasteiger partial charge in [-0.25, -0.2) is 0 Å². The second-order valence-corrected chi connectivity index (χ2v) is 10.6. The summed E-state index contributed by atoms with van der Waals surface area (Å²) in [7, 11) is 0. The highest BCUT2D eigenvalue weighted by Gasteiger charge is 2.45. The molecule has 0 fully saturated rings. The molecule has 1 atom stereocenters. The van der Waals surface area contributed by atoms with Crippen molar-refractivity contribution in [2.24, 2.45) is 0 Å². The summed E-state index contributed by atoms with van der Waals surface area (Å²) in [6, 6.07) is 30.5. The van der Waals surface area contributed by atoms with Crippen molar-refractivity contribution in [2.75, 3.05) is 6.54 Å². The first-order valence-corrected chi connectivity index (χ1v) is 13.6. The lowest BCUT2D eigenvalue weighted by Crippen LogP contribution is -2.60. The van der Waals surface area contributed by atoms with E-state index >= 15 is 0 Å². The van der Waals surface area contributed by atoms with E-state index in [2.05, 4.69) is 10.6 Å². The highest BCUT2D eigenvalue weighted by atomic mass is 35.5. The molecule has 3 N–H and O–H groups in total. The lowest BCUT2D eigenvalue weighted by atomic mass is 9.93. The molecule has 0 radical (unpaired) electrons. The number of ether oxygens (including phenoxy) is 1. The molecule has 0 aliphatic heterocycles. The molecule has 0 spiro atoms. The number of hydrogen-bond acceptors (Lipinski definition) is 4. The van der Waals surface area contributed by atoms with E-state index < -0.39 is 24.0 Å². The molecule has 4 aromatic carbocycles. The molecule has 2 amide bonds. The zero-order chi connectivity index (χ0) is 28.8. The van der Waals surface area contributed by atoms with Crippen molar-refractivity contribution in [3.05, 3.63) is 124 Å². The van der Waals surface area contributed by atoms with Crippen molar-refractivity contribution in [3.63, 3.8) is 0 Å². The van der Waals surface area contributed by atoms with Crippen LogP contribution in [-0.2, 0) is 40.3 Å². The van der Waals surface area contributed by atoms with Gasteiger partial charge in [-0.3, -0.25) is 14.4 Å². The molecular weight excluding hydrogens is 540 g/mol. The van der Waals surface area contributed by atoms with Crippen LogP contribution < -0.4 is 15.4 Å². The molecule has 208 valence electrons. The Kier molecular flexibility index (Phi) is 8.36. The largest absolute Gasteiger partial charge is 0.489 e. The summed E-state index contributed by atoms with van der Waals surface area (Å²) < 4.78 is 5.83. The number of carbonyl (C=O) groups is 3. The molecule has 7 nitrogen and oxygen atoms in total. The maximum absolute atomic E-state index is 13.3. The summed E-state index contributed by atoms with van der Waals surface area (Å²) in [5.41, 5.74) is 4.30. The van der Waals surface area contributed by atoms with E-state index in [4.69, 9.17) is 21.4 Å². The Morgan fingerprint density at radius 1 is 0.805 bits per heavy atom. The van der Waals surface area contributed by atoms with Crippen molar-refractivity contribution in [3.8, 4) is 16.9 Å². The molecule has 1 aliphatic carbocycles. The second kappa shape index (κ2) is 12.3. The average molecular weight is 569 g/mol. The van der Waals surface area contributed by atoms with Gasteiger partial charge in [0.05, 0.1) is 6.42 Å². The van der Waals surface area contributed by atoms with Gasteiger partial charge in [0.15, 0.2) is 0 Å². The van der Waals surface area contributed by atoms with Crippen LogP contribution in [0.25, 0.3) is 11.1 Å². The molecule has 8 heteroatoms. The van der Waals surface area contributed by atoms with Crippen LogP contribution in [-0.4, -0.2) is 35.0 Å². The van der Waals surface area contributed by atoms with E-state index in [0.29, 0.717) is 17.4 Å². The maximum Gasteiger partial charge on any atom is 0.322 e. The SMILES string of the molecule is O=C(O)CNC(=O)C1(NC(=O)Cc2ccc(OCc3ccccc3)cc2)Cc2ccc(-c3ccc(Cl)cc3)cc2C1. The highest BCUT2D eigenvalue weighted by Crippen LogP contribution is 2.34. The Bertz CT molecular complexity index is 1560. The van der Waals surface area contributed by atoms with Crippen molar-refractivity contribution < 1.29 is 24.2 Å². The number of amides is 2. The third kappa shape index (κ3) is 6.94. The number of carboxylic acid groups (broad SMARTS) is 1. The topological polar surface area (TPSA) is 105 Å². The molecule has 5 rings (SSSR count). The lowest BCUT2D eigenvalue weighted by molar-refractivity contribution is -0.139. The predicted molar refractivity (Wildman–Crippen MR) is 157 cm³/mol. The number of benzene rings is 4. The van der Waals surface area contributed by atoms with Crippen LogP contribution in [0.3, 0.4) is 0 Å². The van der Waals surface area contributed by atoms with Gasteiger partial charge in [-0.2, -0.15) is 0 Å². The number of fused-ring (bicyclic) bond motifs is 1. The smallest absolute Gasteiger partial charge is 0.322 e. The second-order valence-electron chi connectivity index (χ2n) is 10.1. The van der Waals surface area contributed by atoms with Crippen LogP contribution >= 0.6 is 11.6 Å². The first-order chi connectivity index (χ1) is 19.8. The van der Waals surface area contributed by atoms with Crippen LogP contribution in [0.2, 0.25) is 5.02 Å². The van der Waals surface area contributed by atoms with Gasteiger partial charge < -0.3 is 20.5 Å². The summed E-state index contributed by atoms with van der Waals surface area (Å²) in [6.07, 6.45) is 0.555. The highest BCUT2D eigenvalue weighted by molar-refractivity contribution is 6.30. The fourth-order valence-corrected chi connectivity index (χ4v) is 5.20. The van der Waals surface area contributed by atoms with Crippen LogP contribution in [0.1, 0.15) is 22.3 Å². The molecule has 0 saturated heterocycles. The Balaban J connectivity index is 1.29. The first kappa shape index (κ1) is 27.9. The van der Waals surface area contributed by atoms with Crippen LogP contribution in [0.4, 0.5) is 0 Å². The molecule has 0 saturated carbocycles. The number of carboxylic acids is 1. The van der Waals surface area contributed by atoms with Gasteiger partial charge in [0.1, 0.15) is 24.4 Å². The Morgan fingerprint density at radius 3 is 2.20 bits per heavy atom. The molecule has 41 heavy (non-hydrogen) atoms. The fourth-order valence-electron chi connectivity index (χ4n) is 5.07. The number of nitrogens with one attached hydrogen (secondary N) is 2. The predicted octanol–water partition coefficient (Wildman–Crippen LogP) is 4.98. The summed E-state index contributed by atoms with van der Waals surface area (Å²) in [5.74, 6) is -1.33. The normalized spacial score (nSPS) is 15.5. The summed E-state index contributed by atoms with van der Waals surface area (Å²) in [6.45, 7) is -0.0950. The lowest BCUT2D eigenvalue weighted by Gasteiger charge is -2.29. The van der Waals surface area contributed by atoms with E-state index in [1.165, 1.54) is 0 Å². The number of halogens is 1. The van der Waals surface area contributed by atoms with E-state index in [1.54, 1.807) is 0 Å². The van der Waals surface area contributed by atoms with Crippen LogP contribution in [0.15, 0.2) is 97.1 Å². The van der Waals surface area contributed by atoms with Crippen LogP contribution in [0.5, 0.6) is 5.75 Å². The minimum absolute atomic E-state index is 0.0549. The van der Waals surface area contributed by atoms with E-state index in [-0.39, 0.29) is 25.2 Å². The molecule has 0 bridgehead atoms. The zero-order valence-electron chi connectivity index (χ0n) is 22.2. The third-order valence-corrected chi connectivity index (χ3v) is 7.37. The van der Waals surface area contributed by atoms with E-state index in [1.807, 2.05) is 97.1 Å². The minimum Gasteiger partial charge on any atom is -0.489 e. The van der Waals surface area contributed by atoms with E-state index in [9.17, 15) is 14.4 Å². The van der Waals surface area contributed by atoms with Crippen LogP contribution in [0, 0.1) is 0 Å². The van der Waals surface area contributed by atoms with Crippen molar-refractivity contribution in [1.29, 1.82) is 0 Å². The first-order valence-electron chi connectivity index (χ1n) is 13.2. The Morgan fingerprint density at radius 2 is 1.49 bits per heavy atom. The van der Waals surface area contributed by atoms with Gasteiger partial charge in [-0.15, -0.1) is 0 Å². The Hall–Kier alpha value is -4.62. The monoisotopic (exact) mass is 568 g/mol. The zero-order valence-corrected chi connectivity index (χ0v) is 23.0. The fraction of sp³-hybridized carbons (Fsp3) is 0.182. The number of hydrogen-bond donors (Lipinski definition) is 3. The number of rotatable bonds is 10. The third-order valence-electron chi connectivity index (χ3n) is 7.12. The summed E-state index contributed by atoms with van der Waals surface area (Å²) in [5, 5.41) is 15.2. The number of aliphatic carboxylic acids is 1. The molecule has 4 aromatic rings. The van der Waals surface area contributed by atoms with Gasteiger partial charge in [0.2, 0.25) is 11.8 Å². The molecule has 0 aromatic heterocycles. The van der Waals surface area contributed by atoms with Crippen molar-refractivity contribution in [2.45, 2.75) is 31.4 Å². The quantitative estimate of drug-likeness (QED) is 0.250. The van der Waals surface area contributed by atoms with Gasteiger partial charge in [0.25, 0.3) is 0 Å². The summed E-state index contributed by atoms with van der Waals surface area (Å²) >= 11 is 6.04. The maximum atomic E-state index is 13.3. The van der Waals surface area contributed by atoms with Gasteiger partial charge >= 0.3 is 5.97 Å². The molecular formula is C33H29ClN2O5. The molecule has 1 aliphatic rings. The van der Waals surface area contributed by atoms with Crippen molar-refractivity contribution >= 4 is 29.4 Å². The number of carbonyl (C=O) groups excluding carboxylic acids is 2. The molecule has 0 heterocycles. The minimum atomic E-state index is -1.30. The molecule has 1 unspecified atom stereocenters. The van der Waals surface area contributed by atoms with Gasteiger partial charge in [-0.1, -0.05) is 84.4 Å². The van der Waals surface area contributed by atoms with Gasteiger partial charge in [-0.05, 0) is 57.6 Å². The standard InChI is InChI=1S/C33H29ClN2O5/c34-28-12-10-24(11-13-28)25-8-9-26-18-33(19-27(26)17-25,32(40)35-20-31(38)39)36-30(37)16-22-6-14-29(15-7-22)41-21-23-4-2-1-3-5-23/h1-15,17H,16,18-21H2,(H,35,40)(H,36,37)(H,38,39). The summed E-state index contributed by atoms with van der Waals surface area (Å²) in [4.78, 5) is 37.7. The average Bonchev–Trinajstić information content (AvgIpc) is 3.34. The van der Waals surface area contributed by atoms with E-state index in [0.717, 1.165) is 33.4 Å². The van der Waals surface area contributed by atoms with Gasteiger partial charge in [0, 0.05) is 17.9 Å². The Labute approximate surface area is 243 Å². The van der Waals surface area contributed by atoms with Crippen molar-refractivity contribution in [1.82, 2.24) is 10.6 Å².